The highest BCUT2D eigenvalue weighted by molar-refractivity contribution is 6.31. The fourth-order valence-corrected chi connectivity index (χ4v) is 3.12. The van der Waals surface area contributed by atoms with Gasteiger partial charge in [0, 0.05) is 36.6 Å². The fraction of sp³-hybridized carbons (Fsp3) is 0.250. The van der Waals surface area contributed by atoms with Crippen LogP contribution in [0.2, 0.25) is 5.02 Å². The first-order valence-electron chi connectivity index (χ1n) is 10.3. The van der Waals surface area contributed by atoms with Crippen molar-refractivity contribution >= 4 is 23.3 Å². The lowest BCUT2D eigenvalue weighted by atomic mass is 10.1. The molecule has 3 N–H and O–H groups in total. The quantitative estimate of drug-likeness (QED) is 0.393. The number of aromatic nitrogens is 1. The van der Waals surface area contributed by atoms with Crippen molar-refractivity contribution in [2.24, 2.45) is 0 Å². The molecule has 7 nitrogen and oxygen atoms in total. The van der Waals surface area contributed by atoms with Crippen LogP contribution in [0, 0.1) is 13.8 Å². The molecule has 0 saturated heterocycles. The number of pyridine rings is 1. The second-order valence-corrected chi connectivity index (χ2v) is 7.65. The third kappa shape index (κ3) is 6.60. The van der Waals surface area contributed by atoms with E-state index >= 15 is 0 Å². The normalized spacial score (nSPS) is 10.5. The molecule has 0 unspecified atom stereocenters. The number of carbonyl (C=O) groups excluding carboxylic acids is 1. The van der Waals surface area contributed by atoms with E-state index in [2.05, 4.69) is 20.9 Å². The number of amides is 2. The van der Waals surface area contributed by atoms with Crippen LogP contribution in [0.4, 0.5) is 10.5 Å². The minimum Gasteiger partial charge on any atom is -0.490 e. The molecule has 2 amide bonds. The van der Waals surface area contributed by atoms with E-state index < -0.39 is 0 Å². The number of hydrogen-bond donors (Lipinski definition) is 3. The summed E-state index contributed by atoms with van der Waals surface area (Å²) in [5.74, 6) is 2.00. The van der Waals surface area contributed by atoms with Gasteiger partial charge in [-0.1, -0.05) is 23.7 Å². The van der Waals surface area contributed by atoms with Crippen molar-refractivity contribution in [2.75, 3.05) is 25.5 Å². The van der Waals surface area contributed by atoms with Crippen molar-refractivity contribution in [3.8, 4) is 17.2 Å². The Bertz CT molecular complexity index is 1060. The highest BCUT2D eigenvalue weighted by Gasteiger charge is 2.11. The smallest absolute Gasteiger partial charge is 0.319 e. The van der Waals surface area contributed by atoms with Gasteiger partial charge in [0.1, 0.15) is 23.9 Å². The number of anilines is 1. The Morgan fingerprint density at radius 2 is 1.81 bits per heavy atom. The highest BCUT2D eigenvalue weighted by atomic mass is 35.5. The van der Waals surface area contributed by atoms with Gasteiger partial charge in [-0.15, -0.1) is 0 Å². The van der Waals surface area contributed by atoms with Crippen molar-refractivity contribution in [1.29, 1.82) is 0 Å². The van der Waals surface area contributed by atoms with Crippen molar-refractivity contribution < 1.29 is 14.3 Å². The number of urea groups is 1. The van der Waals surface area contributed by atoms with Crippen molar-refractivity contribution in [3.63, 3.8) is 0 Å². The van der Waals surface area contributed by atoms with Gasteiger partial charge in [0.2, 0.25) is 0 Å². The predicted molar refractivity (Wildman–Crippen MR) is 127 cm³/mol. The molecule has 168 valence electrons. The van der Waals surface area contributed by atoms with E-state index in [1.54, 1.807) is 36.7 Å². The molecule has 32 heavy (non-hydrogen) atoms. The molecule has 0 aliphatic heterocycles. The van der Waals surface area contributed by atoms with Crippen molar-refractivity contribution in [1.82, 2.24) is 15.6 Å². The second kappa shape index (κ2) is 11.4. The predicted octanol–water partition coefficient (Wildman–Crippen LogP) is 5.06. The Morgan fingerprint density at radius 3 is 2.53 bits per heavy atom. The Morgan fingerprint density at radius 1 is 1.03 bits per heavy atom. The third-order valence-corrected chi connectivity index (χ3v) is 5.10. The van der Waals surface area contributed by atoms with E-state index in [1.807, 2.05) is 39.1 Å². The van der Waals surface area contributed by atoms with Gasteiger partial charge in [0.05, 0.1) is 5.69 Å². The van der Waals surface area contributed by atoms with Crippen LogP contribution >= 0.6 is 11.6 Å². The van der Waals surface area contributed by atoms with E-state index in [4.69, 9.17) is 21.1 Å². The van der Waals surface area contributed by atoms with E-state index in [1.165, 1.54) is 0 Å². The first-order chi connectivity index (χ1) is 15.5. The van der Waals surface area contributed by atoms with Crippen LogP contribution in [0.1, 0.15) is 16.7 Å². The largest absolute Gasteiger partial charge is 0.490 e. The zero-order valence-corrected chi connectivity index (χ0v) is 19.1. The molecule has 0 aliphatic carbocycles. The Labute approximate surface area is 193 Å². The molecule has 1 aromatic heterocycles. The van der Waals surface area contributed by atoms with Crippen LogP contribution in [-0.4, -0.2) is 31.2 Å². The molecule has 1 heterocycles. The van der Waals surface area contributed by atoms with Crippen LogP contribution in [0.25, 0.3) is 0 Å². The minimum atomic E-state index is -0.333. The van der Waals surface area contributed by atoms with E-state index in [0.29, 0.717) is 36.2 Å². The summed E-state index contributed by atoms with van der Waals surface area (Å²) in [5.41, 5.74) is 3.34. The molecule has 0 fully saturated rings. The molecule has 2 aromatic carbocycles. The summed E-state index contributed by atoms with van der Waals surface area (Å²) in [4.78, 5) is 16.5. The summed E-state index contributed by atoms with van der Waals surface area (Å²) >= 11 is 6.22. The number of nitrogens with zero attached hydrogens (tertiary/aromatic N) is 1. The second-order valence-electron chi connectivity index (χ2n) is 7.24. The highest BCUT2D eigenvalue weighted by Crippen LogP contribution is 2.31. The number of likely N-dealkylation sites (N-methyl/N-ethyl adjacent to an activating group) is 1. The monoisotopic (exact) mass is 454 g/mol. The molecule has 8 heteroatoms. The Kier molecular flexibility index (Phi) is 8.30. The maximum absolute atomic E-state index is 12.5. The zero-order chi connectivity index (χ0) is 22.9. The summed E-state index contributed by atoms with van der Waals surface area (Å²) in [5, 5.41) is 9.32. The molecule has 0 atom stereocenters. The SMILES string of the molecule is CNCCOc1cc(Cl)c(C)cc1NC(=O)NCc1ccc(Oc2ccncc2)c(C)c1. The summed E-state index contributed by atoms with van der Waals surface area (Å²) in [6, 6.07) is 12.6. The first kappa shape index (κ1) is 23.4. The Balaban J connectivity index is 1.60. The lowest BCUT2D eigenvalue weighted by Gasteiger charge is -2.15. The van der Waals surface area contributed by atoms with Gasteiger partial charge in [-0.05, 0) is 61.9 Å². The van der Waals surface area contributed by atoms with Crippen LogP contribution in [0.15, 0.2) is 54.9 Å². The van der Waals surface area contributed by atoms with E-state index in [-0.39, 0.29) is 6.03 Å². The first-order valence-corrected chi connectivity index (χ1v) is 10.6. The maximum atomic E-state index is 12.5. The number of benzene rings is 2. The summed E-state index contributed by atoms with van der Waals surface area (Å²) < 4.78 is 11.6. The summed E-state index contributed by atoms with van der Waals surface area (Å²) in [6.07, 6.45) is 3.36. The number of hydrogen-bond acceptors (Lipinski definition) is 5. The molecule has 0 radical (unpaired) electrons. The number of nitrogens with one attached hydrogen (secondary N) is 3. The standard InChI is InChI=1S/C24H27ClN4O3/c1-16-13-21(23(14-20(16)25)31-11-10-26-3)29-24(30)28-15-18-4-5-22(17(2)12-18)32-19-6-8-27-9-7-19/h4-9,12-14,26H,10-11,15H2,1-3H3,(H2,28,29,30). The van der Waals surface area contributed by atoms with Crippen LogP contribution in [-0.2, 0) is 6.54 Å². The topological polar surface area (TPSA) is 84.5 Å². The number of carbonyl (C=O) groups is 1. The molecular weight excluding hydrogens is 428 g/mol. The molecule has 0 saturated carbocycles. The van der Waals surface area contributed by atoms with E-state index in [0.717, 1.165) is 28.2 Å². The molecule has 0 bridgehead atoms. The number of ether oxygens (including phenoxy) is 2. The molecule has 0 aliphatic rings. The average molecular weight is 455 g/mol. The van der Waals surface area contributed by atoms with Gasteiger partial charge in [0.25, 0.3) is 0 Å². The summed E-state index contributed by atoms with van der Waals surface area (Å²) in [6.45, 7) is 5.34. The molecular formula is C24H27ClN4O3. The van der Waals surface area contributed by atoms with Crippen LogP contribution < -0.4 is 25.4 Å². The van der Waals surface area contributed by atoms with Gasteiger partial charge in [0.15, 0.2) is 0 Å². The van der Waals surface area contributed by atoms with Crippen molar-refractivity contribution in [3.05, 3.63) is 76.6 Å². The minimum absolute atomic E-state index is 0.333. The van der Waals surface area contributed by atoms with Gasteiger partial charge in [-0.25, -0.2) is 4.79 Å². The number of rotatable bonds is 9. The van der Waals surface area contributed by atoms with E-state index in [9.17, 15) is 4.79 Å². The summed E-state index contributed by atoms with van der Waals surface area (Å²) in [7, 11) is 1.84. The van der Waals surface area contributed by atoms with Crippen LogP contribution in [0.5, 0.6) is 17.2 Å². The maximum Gasteiger partial charge on any atom is 0.319 e. The van der Waals surface area contributed by atoms with Gasteiger partial charge in [-0.3, -0.25) is 4.98 Å². The zero-order valence-electron chi connectivity index (χ0n) is 18.4. The van der Waals surface area contributed by atoms with Gasteiger partial charge in [-0.2, -0.15) is 0 Å². The number of halogens is 1. The third-order valence-electron chi connectivity index (χ3n) is 4.69. The fourth-order valence-electron chi connectivity index (χ4n) is 2.96. The lowest BCUT2D eigenvalue weighted by Crippen LogP contribution is -2.28. The van der Waals surface area contributed by atoms with Crippen molar-refractivity contribution in [2.45, 2.75) is 20.4 Å². The van der Waals surface area contributed by atoms with Gasteiger partial charge < -0.3 is 25.4 Å². The van der Waals surface area contributed by atoms with Crippen LogP contribution in [0.3, 0.4) is 0 Å². The molecule has 0 spiro atoms. The van der Waals surface area contributed by atoms with Gasteiger partial charge >= 0.3 is 6.03 Å². The average Bonchev–Trinajstić information content (AvgIpc) is 2.78. The Hall–Kier alpha value is -3.29. The molecule has 3 rings (SSSR count). The number of aryl methyl sites for hydroxylation is 2. The molecule has 3 aromatic rings. The lowest BCUT2D eigenvalue weighted by molar-refractivity contribution is 0.251.